The quantitative estimate of drug-likeness (QED) is 0.591. The molecule has 0 spiro atoms. The van der Waals surface area contributed by atoms with Gasteiger partial charge in [0.1, 0.15) is 24.1 Å². The van der Waals surface area contributed by atoms with Crippen LogP contribution >= 0.6 is 0 Å². The number of halogens is 2. The largest absolute Gasteiger partial charge is 0.453 e. The first-order valence-corrected chi connectivity index (χ1v) is 9.31. The topological polar surface area (TPSA) is 117 Å². The molecule has 0 saturated heterocycles. The lowest BCUT2D eigenvalue weighted by Gasteiger charge is -2.13. The van der Waals surface area contributed by atoms with E-state index in [1.54, 1.807) is 6.07 Å². The summed E-state index contributed by atoms with van der Waals surface area (Å²) >= 11 is -2.48. The second kappa shape index (κ2) is 8.34. The molecule has 1 heterocycles. The third-order valence-electron chi connectivity index (χ3n) is 4.09. The smallest absolute Gasteiger partial charge is 0.261 e. The molecule has 0 aliphatic carbocycles. The summed E-state index contributed by atoms with van der Waals surface area (Å²) in [6, 6.07) is 7.27. The van der Waals surface area contributed by atoms with Gasteiger partial charge in [-0.2, -0.15) is 5.26 Å². The highest BCUT2D eigenvalue weighted by Crippen LogP contribution is 2.33. The minimum absolute atomic E-state index is 0.0275. The molecule has 2 aromatic carbocycles. The number of rotatable bonds is 6. The molecule has 0 aliphatic heterocycles. The number of hydrogen-bond donors (Lipinski definition) is 2. The van der Waals surface area contributed by atoms with E-state index in [2.05, 4.69) is 9.71 Å². The third-order valence-corrected chi connectivity index (χ3v) is 4.49. The predicted molar refractivity (Wildman–Crippen MR) is 102 cm³/mol. The number of alkyl halides is 1. The maximum atomic E-state index is 14.3. The average Bonchev–Trinajstić information content (AvgIpc) is 2.70. The summed E-state index contributed by atoms with van der Waals surface area (Å²) in [7, 11) is 0. The Morgan fingerprint density at radius 2 is 2.17 bits per heavy atom. The van der Waals surface area contributed by atoms with Crippen molar-refractivity contribution in [3.05, 3.63) is 58.4 Å². The van der Waals surface area contributed by atoms with E-state index >= 15 is 0 Å². The van der Waals surface area contributed by atoms with Crippen molar-refractivity contribution in [3.8, 4) is 17.6 Å². The van der Waals surface area contributed by atoms with Crippen molar-refractivity contribution in [2.45, 2.75) is 13.0 Å². The van der Waals surface area contributed by atoms with E-state index in [1.165, 1.54) is 31.5 Å². The predicted octanol–water partition coefficient (Wildman–Crippen LogP) is 3.28. The van der Waals surface area contributed by atoms with Gasteiger partial charge in [0, 0.05) is 0 Å². The number of fused-ring (bicyclic) bond motifs is 1. The van der Waals surface area contributed by atoms with Crippen LogP contribution in [0.4, 0.5) is 14.5 Å². The van der Waals surface area contributed by atoms with E-state index in [4.69, 9.17) is 9.29 Å². The number of nitriles is 1. The van der Waals surface area contributed by atoms with Gasteiger partial charge in [0.25, 0.3) is 16.8 Å². The van der Waals surface area contributed by atoms with Crippen LogP contribution in [0.15, 0.2) is 41.5 Å². The van der Waals surface area contributed by atoms with Crippen LogP contribution in [0.25, 0.3) is 10.9 Å². The Hall–Kier alpha value is -3.36. The van der Waals surface area contributed by atoms with E-state index < -0.39 is 41.1 Å². The maximum Gasteiger partial charge on any atom is 0.261 e. The molecule has 8 nitrogen and oxygen atoms in total. The fourth-order valence-electron chi connectivity index (χ4n) is 2.63. The van der Waals surface area contributed by atoms with E-state index in [1.807, 2.05) is 0 Å². The summed E-state index contributed by atoms with van der Waals surface area (Å²) in [4.78, 5) is 16.7. The highest BCUT2D eigenvalue weighted by atomic mass is 32.2. The average molecular weight is 420 g/mol. The van der Waals surface area contributed by atoms with Gasteiger partial charge in [0.05, 0.1) is 29.0 Å². The Morgan fingerprint density at radius 3 is 2.83 bits per heavy atom. The van der Waals surface area contributed by atoms with Crippen molar-refractivity contribution in [1.82, 2.24) is 9.55 Å². The van der Waals surface area contributed by atoms with Gasteiger partial charge in [0.2, 0.25) is 0 Å². The summed E-state index contributed by atoms with van der Waals surface area (Å²) in [6.07, 6.45) is 1.24. The number of ether oxygens (including phenoxy) is 1. The fourth-order valence-corrected chi connectivity index (χ4v) is 2.99. The van der Waals surface area contributed by atoms with Gasteiger partial charge in [0.15, 0.2) is 11.6 Å². The van der Waals surface area contributed by atoms with Crippen LogP contribution in [0.2, 0.25) is 0 Å². The zero-order chi connectivity index (χ0) is 21.1. The van der Waals surface area contributed by atoms with E-state index in [-0.39, 0.29) is 22.4 Å². The van der Waals surface area contributed by atoms with Crippen LogP contribution in [0, 0.1) is 17.1 Å². The zero-order valence-electron chi connectivity index (χ0n) is 14.9. The van der Waals surface area contributed by atoms with Crippen LogP contribution in [0.5, 0.6) is 11.5 Å². The number of hydrogen-bond acceptors (Lipinski definition) is 5. The second-order valence-corrected chi connectivity index (χ2v) is 6.71. The van der Waals surface area contributed by atoms with Crippen molar-refractivity contribution >= 4 is 27.9 Å². The van der Waals surface area contributed by atoms with Crippen LogP contribution in [-0.2, 0) is 11.3 Å². The van der Waals surface area contributed by atoms with Gasteiger partial charge < -0.3 is 4.74 Å². The van der Waals surface area contributed by atoms with Crippen molar-refractivity contribution in [2.75, 3.05) is 11.4 Å². The van der Waals surface area contributed by atoms with E-state index in [0.717, 1.165) is 16.7 Å². The van der Waals surface area contributed by atoms with Crippen LogP contribution < -0.4 is 15.0 Å². The summed E-state index contributed by atoms with van der Waals surface area (Å²) in [5.41, 5.74) is -0.608. The normalized spacial score (nSPS) is 12.9. The molecule has 0 aliphatic rings. The number of anilines is 1. The highest BCUT2D eigenvalue weighted by Gasteiger charge is 2.18. The molecule has 3 rings (SSSR count). The molecule has 0 fully saturated rings. The SMILES string of the molecule is C[C@H](CF)n1cnc2ccc(Oc3c(F)ccc(NS(=O)O)c3C#N)cc2c1=O. The van der Waals surface area contributed by atoms with E-state index in [9.17, 15) is 23.0 Å². The minimum Gasteiger partial charge on any atom is -0.453 e. The third kappa shape index (κ3) is 4.08. The number of nitrogens with zero attached hydrogens (tertiary/aromatic N) is 3. The number of aromatic nitrogens is 2. The van der Waals surface area contributed by atoms with Crippen molar-refractivity contribution in [1.29, 1.82) is 5.26 Å². The molecule has 0 bridgehead atoms. The first kappa shape index (κ1) is 20.4. The van der Waals surface area contributed by atoms with E-state index in [0.29, 0.717) is 5.52 Å². The molecule has 0 amide bonds. The minimum atomic E-state index is -2.48. The molecule has 0 radical (unpaired) electrons. The summed E-state index contributed by atoms with van der Waals surface area (Å²) in [5, 5.41) is 9.46. The second-order valence-electron chi connectivity index (χ2n) is 6.00. The molecule has 2 N–H and O–H groups in total. The first-order valence-electron chi connectivity index (χ1n) is 8.20. The van der Waals surface area contributed by atoms with Gasteiger partial charge in [-0.05, 0) is 37.3 Å². The van der Waals surface area contributed by atoms with Gasteiger partial charge in [-0.25, -0.2) is 18.0 Å². The molecule has 1 unspecified atom stereocenters. The number of nitrogens with one attached hydrogen (secondary N) is 1. The van der Waals surface area contributed by atoms with Crippen molar-refractivity contribution in [3.63, 3.8) is 0 Å². The summed E-state index contributed by atoms with van der Waals surface area (Å²) in [5.74, 6) is -1.34. The fraction of sp³-hybridized carbons (Fsp3) is 0.167. The lowest BCUT2D eigenvalue weighted by Crippen LogP contribution is -2.24. The standard InChI is InChI=1S/C18H14F2N4O4S/c1-10(7-19)24-9-22-15-4-2-11(6-12(15)18(24)25)28-17-13(8-21)16(23-29(26)27)5-3-14(17)20/h2-6,9-10,23H,7H2,1H3,(H,26,27)/t10-/m1/s1. The van der Waals surface area contributed by atoms with Crippen molar-refractivity contribution in [2.24, 2.45) is 0 Å². The molecule has 2 atom stereocenters. The summed E-state index contributed by atoms with van der Waals surface area (Å²) < 4.78 is 55.9. The Kier molecular flexibility index (Phi) is 5.86. The van der Waals surface area contributed by atoms with Crippen LogP contribution in [-0.4, -0.2) is 25.0 Å². The molecule has 150 valence electrons. The molecule has 3 aromatic rings. The van der Waals surface area contributed by atoms with Gasteiger partial charge >= 0.3 is 0 Å². The number of benzene rings is 2. The van der Waals surface area contributed by atoms with Crippen LogP contribution in [0.3, 0.4) is 0 Å². The molecule has 11 heteroatoms. The molecular weight excluding hydrogens is 406 g/mol. The molecular formula is C18H14F2N4O4S. The lowest BCUT2D eigenvalue weighted by molar-refractivity contribution is 0.370. The summed E-state index contributed by atoms with van der Waals surface area (Å²) in [6.45, 7) is 0.763. The van der Waals surface area contributed by atoms with Crippen LogP contribution in [0.1, 0.15) is 18.5 Å². The van der Waals surface area contributed by atoms with Crippen molar-refractivity contribution < 1.29 is 22.3 Å². The molecule has 1 aromatic heterocycles. The van der Waals surface area contributed by atoms with Gasteiger partial charge in [-0.1, -0.05) is 0 Å². The Bertz CT molecular complexity index is 1210. The Balaban J connectivity index is 2.09. The molecule has 29 heavy (non-hydrogen) atoms. The lowest BCUT2D eigenvalue weighted by atomic mass is 10.1. The maximum absolute atomic E-state index is 14.3. The highest BCUT2D eigenvalue weighted by molar-refractivity contribution is 7.80. The Labute approximate surface area is 165 Å². The zero-order valence-corrected chi connectivity index (χ0v) is 15.7. The Morgan fingerprint density at radius 1 is 1.41 bits per heavy atom. The van der Waals surface area contributed by atoms with Gasteiger partial charge in [-0.15, -0.1) is 0 Å². The first-order chi connectivity index (χ1) is 13.8. The monoisotopic (exact) mass is 420 g/mol. The molecule has 0 saturated carbocycles. The van der Waals surface area contributed by atoms with Gasteiger partial charge in [-0.3, -0.25) is 18.6 Å².